The largest absolute Gasteiger partial charge is 0.505 e. The quantitative estimate of drug-likeness (QED) is 0.408. The van der Waals surface area contributed by atoms with E-state index in [9.17, 15) is 15.0 Å². The van der Waals surface area contributed by atoms with E-state index in [-0.39, 0.29) is 29.8 Å². The summed E-state index contributed by atoms with van der Waals surface area (Å²) >= 11 is 1.04. The monoisotopic (exact) mass is 443 g/mol. The molecule has 0 saturated carbocycles. The molecule has 4 rings (SSSR count). The first-order valence-electron chi connectivity index (χ1n) is 10.2. The van der Waals surface area contributed by atoms with Gasteiger partial charge in [0.15, 0.2) is 17.4 Å². The van der Waals surface area contributed by atoms with Crippen molar-refractivity contribution in [2.75, 3.05) is 23.7 Å². The molecule has 31 heavy (non-hydrogen) atoms. The molecule has 164 valence electrons. The summed E-state index contributed by atoms with van der Waals surface area (Å²) < 4.78 is 14.2. The second-order valence-electron chi connectivity index (χ2n) is 7.61. The average molecular weight is 444 g/mol. The van der Waals surface area contributed by atoms with Crippen LogP contribution >= 0.6 is 11.7 Å². The summed E-state index contributed by atoms with van der Waals surface area (Å²) in [4.78, 5) is 14.3. The zero-order valence-electron chi connectivity index (χ0n) is 17.3. The summed E-state index contributed by atoms with van der Waals surface area (Å²) in [6.07, 6.45) is 2.50. The van der Waals surface area contributed by atoms with Crippen LogP contribution in [0.15, 0.2) is 34.9 Å². The van der Waals surface area contributed by atoms with Crippen LogP contribution < -0.4 is 10.6 Å². The predicted molar refractivity (Wildman–Crippen MR) is 118 cm³/mol. The highest BCUT2D eigenvalue weighted by atomic mass is 32.1. The molecular weight excluding hydrogens is 418 g/mol. The Morgan fingerprint density at radius 2 is 2.19 bits per heavy atom. The summed E-state index contributed by atoms with van der Waals surface area (Å²) in [5, 5.41) is 26.8. The third-order valence-corrected chi connectivity index (χ3v) is 5.80. The molecule has 0 aliphatic carbocycles. The number of para-hydroxylation sites is 1. The molecule has 0 spiro atoms. The number of furan rings is 1. The fourth-order valence-corrected chi connectivity index (χ4v) is 4.06. The first-order valence-corrected chi connectivity index (χ1v) is 10.9. The molecule has 1 saturated heterocycles. The number of aliphatic hydroxyl groups is 1. The number of carbonyl (C=O) groups is 1. The zero-order chi connectivity index (χ0) is 22.0. The Morgan fingerprint density at radius 3 is 2.87 bits per heavy atom. The topological polar surface area (TPSA) is 124 Å². The van der Waals surface area contributed by atoms with Gasteiger partial charge in [0, 0.05) is 13.1 Å². The number of amides is 1. The number of aromatic hydroxyl groups is 1. The number of hydrogen-bond acceptors (Lipinski definition) is 9. The molecule has 1 aliphatic heterocycles. The SMILES string of the molecule is CCC(Nc1nsnc1Nc1cccc(C(=O)N2CC[C@@H](O)C2)c1O)c1cc(C)co1. The fourth-order valence-electron chi connectivity index (χ4n) is 3.58. The zero-order valence-corrected chi connectivity index (χ0v) is 18.1. The van der Waals surface area contributed by atoms with Crippen LogP contribution in [0, 0.1) is 6.92 Å². The number of nitrogens with one attached hydrogen (secondary N) is 2. The van der Waals surface area contributed by atoms with E-state index in [1.54, 1.807) is 24.5 Å². The van der Waals surface area contributed by atoms with Gasteiger partial charge in [-0.2, -0.15) is 8.75 Å². The second kappa shape index (κ2) is 8.94. The Bertz CT molecular complexity index is 1070. The maximum atomic E-state index is 12.8. The number of nitrogens with zero attached hydrogens (tertiary/aromatic N) is 3. The molecule has 1 unspecified atom stereocenters. The van der Waals surface area contributed by atoms with E-state index in [2.05, 4.69) is 19.4 Å². The number of anilines is 3. The number of β-amino-alcohol motifs (C(OH)–C–C–N with tert-alkyl or cyclic N) is 1. The van der Waals surface area contributed by atoms with Gasteiger partial charge in [0.2, 0.25) is 0 Å². The number of phenolic OH excluding ortho intramolecular Hbond substituents is 1. The van der Waals surface area contributed by atoms with Gasteiger partial charge >= 0.3 is 0 Å². The number of aromatic nitrogens is 2. The van der Waals surface area contributed by atoms with E-state index in [1.807, 2.05) is 19.9 Å². The molecular formula is C21H25N5O4S. The molecule has 1 amide bonds. The third kappa shape index (κ3) is 4.49. The lowest BCUT2D eigenvalue weighted by atomic mass is 10.1. The Kier molecular flexibility index (Phi) is 6.10. The number of benzene rings is 1. The number of hydrogen-bond donors (Lipinski definition) is 4. The number of carbonyl (C=O) groups excluding carboxylic acids is 1. The van der Waals surface area contributed by atoms with Crippen LogP contribution in [0.4, 0.5) is 17.3 Å². The summed E-state index contributed by atoms with van der Waals surface area (Å²) in [6.45, 7) is 4.74. The van der Waals surface area contributed by atoms with E-state index in [0.717, 1.165) is 29.5 Å². The average Bonchev–Trinajstić information content (AvgIpc) is 3.49. The first-order chi connectivity index (χ1) is 15.0. The van der Waals surface area contributed by atoms with E-state index in [4.69, 9.17) is 4.42 Å². The number of aliphatic hydroxyl groups excluding tert-OH is 1. The lowest BCUT2D eigenvalue weighted by molar-refractivity contribution is 0.0762. The van der Waals surface area contributed by atoms with Crippen molar-refractivity contribution in [3.63, 3.8) is 0 Å². The van der Waals surface area contributed by atoms with Gasteiger partial charge in [-0.3, -0.25) is 4.79 Å². The van der Waals surface area contributed by atoms with Crippen LogP contribution in [0.25, 0.3) is 0 Å². The standard InChI is InChI=1S/C21H25N5O4S/c1-3-15(17-9-12(2)11-30-17)22-19-20(25-31-24-19)23-16-6-4-5-14(18(16)28)21(29)26-8-7-13(27)10-26/h4-6,9,11,13,15,27-28H,3,7-8,10H2,1-2H3,(H,22,24)(H,23,25)/t13-,15?/m1/s1. The summed E-state index contributed by atoms with van der Waals surface area (Å²) in [6, 6.07) is 6.82. The van der Waals surface area contributed by atoms with Crippen molar-refractivity contribution < 1.29 is 19.4 Å². The van der Waals surface area contributed by atoms with Gasteiger partial charge in [0.25, 0.3) is 5.91 Å². The highest BCUT2D eigenvalue weighted by Crippen LogP contribution is 2.34. The van der Waals surface area contributed by atoms with Crippen LogP contribution in [0.3, 0.4) is 0 Å². The second-order valence-corrected chi connectivity index (χ2v) is 8.14. The lowest BCUT2D eigenvalue weighted by Crippen LogP contribution is -2.29. The molecule has 1 fully saturated rings. The molecule has 0 bridgehead atoms. The minimum Gasteiger partial charge on any atom is -0.505 e. The van der Waals surface area contributed by atoms with Crippen molar-refractivity contribution in [2.45, 2.75) is 38.8 Å². The van der Waals surface area contributed by atoms with Gasteiger partial charge in [-0.15, -0.1) is 0 Å². The number of aryl methyl sites for hydroxylation is 1. The molecule has 0 radical (unpaired) electrons. The lowest BCUT2D eigenvalue weighted by Gasteiger charge is -2.18. The van der Waals surface area contributed by atoms with Crippen LogP contribution in [-0.2, 0) is 0 Å². The van der Waals surface area contributed by atoms with Crippen molar-refractivity contribution in [2.24, 2.45) is 0 Å². The number of rotatable bonds is 7. The maximum Gasteiger partial charge on any atom is 0.257 e. The Labute approximate surface area is 184 Å². The molecule has 1 aliphatic rings. The summed E-state index contributed by atoms with van der Waals surface area (Å²) in [5.74, 6) is 1.31. The van der Waals surface area contributed by atoms with Crippen LogP contribution in [0.2, 0.25) is 0 Å². The van der Waals surface area contributed by atoms with Crippen molar-refractivity contribution in [1.29, 1.82) is 0 Å². The van der Waals surface area contributed by atoms with Gasteiger partial charge in [-0.1, -0.05) is 13.0 Å². The van der Waals surface area contributed by atoms with Crippen molar-refractivity contribution in [3.05, 3.63) is 47.4 Å². The normalized spacial score (nSPS) is 17.0. The summed E-state index contributed by atoms with van der Waals surface area (Å²) in [5.41, 5.74) is 1.57. The van der Waals surface area contributed by atoms with E-state index in [0.29, 0.717) is 30.3 Å². The third-order valence-electron chi connectivity index (χ3n) is 5.27. The highest BCUT2D eigenvalue weighted by molar-refractivity contribution is 6.99. The van der Waals surface area contributed by atoms with Crippen molar-refractivity contribution >= 4 is 35.0 Å². The molecule has 1 aromatic carbocycles. The fraction of sp³-hybridized carbons (Fsp3) is 0.381. The predicted octanol–water partition coefficient (Wildman–Crippen LogP) is 3.66. The molecule has 3 heterocycles. The van der Waals surface area contributed by atoms with Crippen LogP contribution in [0.1, 0.15) is 47.5 Å². The molecule has 9 nitrogen and oxygen atoms in total. The molecule has 2 aromatic heterocycles. The number of likely N-dealkylation sites (tertiary alicyclic amines) is 1. The molecule has 10 heteroatoms. The van der Waals surface area contributed by atoms with E-state index in [1.165, 1.54) is 4.90 Å². The molecule has 4 N–H and O–H groups in total. The minimum absolute atomic E-state index is 0.0822. The van der Waals surface area contributed by atoms with Crippen molar-refractivity contribution in [3.8, 4) is 5.75 Å². The molecule has 2 atom stereocenters. The van der Waals surface area contributed by atoms with Crippen molar-refractivity contribution in [1.82, 2.24) is 13.6 Å². The van der Waals surface area contributed by atoms with Crippen LogP contribution in [-0.4, -0.2) is 49.0 Å². The molecule has 3 aromatic rings. The smallest absolute Gasteiger partial charge is 0.257 e. The van der Waals surface area contributed by atoms with E-state index < -0.39 is 6.10 Å². The van der Waals surface area contributed by atoms with Gasteiger partial charge in [0.05, 0.1) is 41.4 Å². The Hall–Kier alpha value is -3.11. The minimum atomic E-state index is -0.522. The first kappa shape index (κ1) is 21.1. The Balaban J connectivity index is 1.53. The van der Waals surface area contributed by atoms with Gasteiger partial charge in [-0.05, 0) is 43.5 Å². The van der Waals surface area contributed by atoms with Gasteiger partial charge < -0.3 is 30.2 Å². The summed E-state index contributed by atoms with van der Waals surface area (Å²) in [7, 11) is 0. The van der Waals surface area contributed by atoms with Gasteiger partial charge in [0.1, 0.15) is 5.76 Å². The van der Waals surface area contributed by atoms with Crippen LogP contribution in [0.5, 0.6) is 5.75 Å². The van der Waals surface area contributed by atoms with Gasteiger partial charge in [-0.25, -0.2) is 0 Å². The number of phenols is 1. The highest BCUT2D eigenvalue weighted by Gasteiger charge is 2.28. The maximum absolute atomic E-state index is 12.8. The van der Waals surface area contributed by atoms with E-state index >= 15 is 0 Å². The Morgan fingerprint density at radius 1 is 1.39 bits per heavy atom.